The van der Waals surface area contributed by atoms with Crippen LogP contribution in [-0.4, -0.2) is 40.3 Å². The Morgan fingerprint density at radius 3 is 2.81 bits per heavy atom. The minimum Gasteiger partial charge on any atom is -0.497 e. The van der Waals surface area contributed by atoms with E-state index < -0.39 is 0 Å². The van der Waals surface area contributed by atoms with E-state index in [1.165, 1.54) is 0 Å². The Hall–Kier alpha value is -2.96. The molecule has 7 heteroatoms. The first-order valence-corrected chi connectivity index (χ1v) is 11.0. The van der Waals surface area contributed by atoms with Gasteiger partial charge in [-0.2, -0.15) is 0 Å². The molecule has 0 bridgehead atoms. The lowest BCUT2D eigenvalue weighted by Crippen LogP contribution is -2.41. The Bertz CT molecular complexity index is 1000. The molecule has 2 aliphatic heterocycles. The first-order chi connectivity index (χ1) is 14.9. The van der Waals surface area contributed by atoms with E-state index in [1.54, 1.807) is 12.0 Å². The number of aryl methyl sites for hydroxylation is 1. The molecule has 0 N–H and O–H groups in total. The molecule has 1 aromatic heterocycles. The molecule has 0 radical (unpaired) electrons. The van der Waals surface area contributed by atoms with Crippen molar-refractivity contribution in [1.29, 1.82) is 0 Å². The van der Waals surface area contributed by atoms with Crippen molar-refractivity contribution >= 4 is 17.6 Å². The van der Waals surface area contributed by atoms with Gasteiger partial charge in [-0.1, -0.05) is 26.0 Å². The molecule has 4 rings (SSSR count). The lowest BCUT2D eigenvalue weighted by Gasteiger charge is -2.36. The smallest absolute Gasteiger partial charge is 0.233 e. The number of hydrogen-bond donors (Lipinski definition) is 0. The third-order valence-corrected chi connectivity index (χ3v) is 6.15. The van der Waals surface area contributed by atoms with E-state index in [2.05, 4.69) is 0 Å². The van der Waals surface area contributed by atoms with Gasteiger partial charge in [0.15, 0.2) is 5.82 Å². The second-order valence-corrected chi connectivity index (χ2v) is 8.68. The minimum absolute atomic E-state index is 0.0196. The van der Waals surface area contributed by atoms with Gasteiger partial charge in [-0.25, -0.2) is 9.97 Å². The summed E-state index contributed by atoms with van der Waals surface area (Å²) in [6.07, 6.45) is 3.20. The molecular weight excluding hydrogens is 392 g/mol. The fourth-order valence-corrected chi connectivity index (χ4v) is 4.46. The normalized spacial score (nSPS) is 18.5. The quantitative estimate of drug-likeness (QED) is 0.736. The largest absolute Gasteiger partial charge is 0.497 e. The number of amides is 2. The molecule has 1 atom stereocenters. The fraction of sp³-hybridized carbons (Fsp3) is 0.500. The van der Waals surface area contributed by atoms with Gasteiger partial charge in [-0.15, -0.1) is 0 Å². The summed E-state index contributed by atoms with van der Waals surface area (Å²) < 4.78 is 5.32. The zero-order chi connectivity index (χ0) is 22.1. The van der Waals surface area contributed by atoms with E-state index >= 15 is 0 Å². The molecule has 31 heavy (non-hydrogen) atoms. The molecule has 1 aromatic carbocycles. The Balaban J connectivity index is 1.68. The lowest BCUT2D eigenvalue weighted by molar-refractivity contribution is -0.138. The number of methoxy groups -OCH3 is 1. The van der Waals surface area contributed by atoms with E-state index in [4.69, 9.17) is 14.7 Å². The van der Waals surface area contributed by atoms with Crippen LogP contribution in [0, 0.1) is 12.8 Å². The molecule has 7 nitrogen and oxygen atoms in total. The maximum absolute atomic E-state index is 12.9. The van der Waals surface area contributed by atoms with Crippen LogP contribution >= 0.6 is 0 Å². The van der Waals surface area contributed by atoms with Crippen molar-refractivity contribution in [3.8, 4) is 5.75 Å². The van der Waals surface area contributed by atoms with Crippen LogP contribution in [-0.2, 0) is 22.6 Å². The Morgan fingerprint density at radius 2 is 2.06 bits per heavy atom. The number of likely N-dealkylation sites (tertiary alicyclic amines) is 1. The van der Waals surface area contributed by atoms with Gasteiger partial charge in [0.05, 0.1) is 26.1 Å². The summed E-state index contributed by atoms with van der Waals surface area (Å²) in [5, 5.41) is 0. The van der Waals surface area contributed by atoms with Crippen LogP contribution in [0.3, 0.4) is 0 Å². The van der Waals surface area contributed by atoms with Gasteiger partial charge in [-0.3, -0.25) is 14.5 Å². The topological polar surface area (TPSA) is 75.6 Å². The summed E-state index contributed by atoms with van der Waals surface area (Å²) in [7, 11) is 1.63. The highest BCUT2D eigenvalue weighted by atomic mass is 16.5. The summed E-state index contributed by atoms with van der Waals surface area (Å²) in [5.41, 5.74) is 2.69. The van der Waals surface area contributed by atoms with E-state index in [9.17, 15) is 9.59 Å². The predicted octanol–water partition coefficient (Wildman–Crippen LogP) is 3.59. The summed E-state index contributed by atoms with van der Waals surface area (Å²) in [5.74, 6) is 2.17. The number of carbonyl (C=O) groups is 2. The molecule has 2 aliphatic rings. The summed E-state index contributed by atoms with van der Waals surface area (Å²) in [6, 6.07) is 7.58. The van der Waals surface area contributed by atoms with Crippen LogP contribution in [0.5, 0.6) is 5.75 Å². The van der Waals surface area contributed by atoms with E-state index in [1.807, 2.05) is 49.9 Å². The number of nitrogens with zero attached hydrogens (tertiary/aromatic N) is 4. The number of rotatable bonds is 5. The number of fused-ring (bicyclic) bond motifs is 1. The lowest BCUT2D eigenvalue weighted by atomic mass is 9.99. The highest BCUT2D eigenvalue weighted by Crippen LogP contribution is 2.35. The number of carbonyl (C=O) groups excluding carboxylic acids is 2. The van der Waals surface area contributed by atoms with Gasteiger partial charge < -0.3 is 9.64 Å². The van der Waals surface area contributed by atoms with Crippen molar-refractivity contribution in [2.75, 3.05) is 18.6 Å². The summed E-state index contributed by atoms with van der Waals surface area (Å²) >= 11 is 0. The third kappa shape index (κ3) is 4.13. The zero-order valence-electron chi connectivity index (χ0n) is 18.7. The van der Waals surface area contributed by atoms with E-state index in [0.717, 1.165) is 48.4 Å². The summed E-state index contributed by atoms with van der Waals surface area (Å²) in [4.78, 5) is 39.0. The second kappa shape index (κ2) is 8.65. The SMILES string of the molecule is COc1cccc(CN2C(=O)Cc3c(C)nc(C4CCCCN4C(=O)C(C)C)nc32)c1. The predicted molar refractivity (Wildman–Crippen MR) is 118 cm³/mol. The van der Waals surface area contributed by atoms with Crippen molar-refractivity contribution in [2.45, 2.75) is 59.0 Å². The Labute approximate surface area is 183 Å². The van der Waals surface area contributed by atoms with Gasteiger partial charge in [0.1, 0.15) is 11.6 Å². The maximum Gasteiger partial charge on any atom is 0.233 e. The third-order valence-electron chi connectivity index (χ3n) is 6.15. The second-order valence-electron chi connectivity index (χ2n) is 8.68. The van der Waals surface area contributed by atoms with Gasteiger partial charge in [0.25, 0.3) is 0 Å². The van der Waals surface area contributed by atoms with Crippen molar-refractivity contribution in [2.24, 2.45) is 5.92 Å². The number of benzene rings is 1. The number of anilines is 1. The molecular formula is C24H30N4O3. The van der Waals surface area contributed by atoms with Crippen molar-refractivity contribution in [1.82, 2.24) is 14.9 Å². The number of piperidine rings is 1. The average Bonchev–Trinajstić information content (AvgIpc) is 3.09. The fourth-order valence-electron chi connectivity index (χ4n) is 4.46. The Morgan fingerprint density at radius 1 is 1.26 bits per heavy atom. The Kier molecular flexibility index (Phi) is 5.94. The molecule has 1 fully saturated rings. The van der Waals surface area contributed by atoms with Crippen LogP contribution in [0.25, 0.3) is 0 Å². The number of hydrogen-bond acceptors (Lipinski definition) is 5. The monoisotopic (exact) mass is 422 g/mol. The van der Waals surface area contributed by atoms with Crippen molar-refractivity contribution < 1.29 is 14.3 Å². The molecule has 1 saturated heterocycles. The van der Waals surface area contributed by atoms with Crippen molar-refractivity contribution in [3.05, 3.63) is 46.9 Å². The molecule has 0 saturated carbocycles. The molecule has 0 spiro atoms. The van der Waals surface area contributed by atoms with Gasteiger partial charge in [-0.05, 0) is 43.9 Å². The molecule has 2 amide bonds. The van der Waals surface area contributed by atoms with E-state index in [0.29, 0.717) is 24.6 Å². The molecule has 3 heterocycles. The number of ether oxygens (including phenoxy) is 1. The van der Waals surface area contributed by atoms with Crippen LogP contribution in [0.15, 0.2) is 24.3 Å². The van der Waals surface area contributed by atoms with Crippen LogP contribution in [0.4, 0.5) is 5.82 Å². The van der Waals surface area contributed by atoms with Gasteiger partial charge in [0, 0.05) is 23.7 Å². The van der Waals surface area contributed by atoms with Gasteiger partial charge >= 0.3 is 0 Å². The molecule has 1 unspecified atom stereocenters. The van der Waals surface area contributed by atoms with Crippen molar-refractivity contribution in [3.63, 3.8) is 0 Å². The highest BCUT2D eigenvalue weighted by molar-refractivity contribution is 6.00. The first kappa shape index (κ1) is 21.3. The number of aromatic nitrogens is 2. The molecule has 164 valence electrons. The zero-order valence-corrected chi connectivity index (χ0v) is 18.7. The minimum atomic E-state index is -0.137. The van der Waals surface area contributed by atoms with Crippen LogP contribution < -0.4 is 9.64 Å². The highest BCUT2D eigenvalue weighted by Gasteiger charge is 2.36. The van der Waals surface area contributed by atoms with Crippen LogP contribution in [0.1, 0.15) is 61.8 Å². The van der Waals surface area contributed by atoms with Crippen LogP contribution in [0.2, 0.25) is 0 Å². The summed E-state index contributed by atoms with van der Waals surface area (Å²) in [6.45, 7) is 6.95. The maximum atomic E-state index is 12.9. The standard InChI is InChI=1S/C24H30N4O3/c1-15(2)24(30)27-11-6-5-10-20(27)22-25-16(3)19-13-21(29)28(23(19)26-22)14-17-8-7-9-18(12-17)31-4/h7-9,12,15,20H,5-6,10-11,13-14H2,1-4H3. The molecule has 2 aromatic rings. The average molecular weight is 423 g/mol. The first-order valence-electron chi connectivity index (χ1n) is 11.0. The van der Waals surface area contributed by atoms with Gasteiger partial charge in [0.2, 0.25) is 11.8 Å². The molecule has 0 aliphatic carbocycles. The van der Waals surface area contributed by atoms with E-state index in [-0.39, 0.29) is 23.8 Å².